The van der Waals surface area contributed by atoms with Gasteiger partial charge in [0.25, 0.3) is 5.91 Å². The van der Waals surface area contributed by atoms with Crippen molar-refractivity contribution in [3.8, 4) is 0 Å². The molecule has 0 aliphatic carbocycles. The maximum atomic E-state index is 13.8. The number of carboxylic acids is 1. The van der Waals surface area contributed by atoms with Crippen LogP contribution in [0, 0.1) is 5.82 Å². The lowest BCUT2D eigenvalue weighted by molar-refractivity contribution is -0.138. The van der Waals surface area contributed by atoms with Gasteiger partial charge in [-0.2, -0.15) is 26.3 Å². The molecule has 1 aromatic carbocycles. The van der Waals surface area contributed by atoms with Gasteiger partial charge in [0.05, 0.1) is 22.5 Å². The molecule has 0 saturated carbocycles. The van der Waals surface area contributed by atoms with Crippen molar-refractivity contribution < 1.29 is 45.4 Å². The lowest BCUT2D eigenvalue weighted by Gasteiger charge is -2.19. The Balaban J connectivity index is 2.69. The van der Waals surface area contributed by atoms with E-state index in [1.54, 1.807) is 0 Å². The van der Waals surface area contributed by atoms with E-state index < -0.39 is 74.9 Å². The second kappa shape index (κ2) is 8.53. The first-order chi connectivity index (χ1) is 13.6. The SMILES string of the molecule is C=C(/C(=C1\SC(S)N(CCC(=O)O)C1=O)c1cc(F)cc(C(F)(F)F)c1)C(F)(F)F. The molecule has 1 aliphatic heterocycles. The minimum absolute atomic E-state index is 0.104. The van der Waals surface area contributed by atoms with E-state index in [-0.39, 0.29) is 12.1 Å². The highest BCUT2D eigenvalue weighted by atomic mass is 32.2. The molecule has 4 nitrogen and oxygen atoms in total. The van der Waals surface area contributed by atoms with Gasteiger partial charge in [-0.15, -0.1) is 12.6 Å². The molecular weight excluding hydrogens is 463 g/mol. The van der Waals surface area contributed by atoms with E-state index in [9.17, 15) is 40.3 Å². The van der Waals surface area contributed by atoms with Gasteiger partial charge in [0, 0.05) is 12.1 Å². The summed E-state index contributed by atoms with van der Waals surface area (Å²) < 4.78 is 91.9. The van der Waals surface area contributed by atoms with Crippen molar-refractivity contribution in [1.82, 2.24) is 4.90 Å². The fourth-order valence-corrected chi connectivity index (χ4v) is 4.18. The first-order valence-corrected chi connectivity index (χ1v) is 9.29. The molecule has 1 unspecified atom stereocenters. The number of carbonyl (C=O) groups is 2. The molecular formula is C17H12F7NO3S2. The van der Waals surface area contributed by atoms with Crippen LogP contribution in [0.25, 0.3) is 5.57 Å². The van der Waals surface area contributed by atoms with E-state index >= 15 is 0 Å². The molecule has 2 rings (SSSR count). The summed E-state index contributed by atoms with van der Waals surface area (Å²) >= 11 is 4.48. The lowest BCUT2D eigenvalue weighted by atomic mass is 9.95. The van der Waals surface area contributed by atoms with Crippen LogP contribution >= 0.6 is 24.4 Å². The van der Waals surface area contributed by atoms with Crippen LogP contribution in [0.1, 0.15) is 17.5 Å². The number of carboxylic acid groups (broad SMARTS) is 1. The standard InChI is InChI=1S/C17H12F7NO3S2/c1-7(16(19,20)21)12(8-4-9(17(22,23)24)6-10(18)5-8)13-14(28)25(15(29)30-13)3-2-11(26)27/h4-6,15,29H,1-3H2,(H,26,27)/b13-12+. The molecule has 0 spiro atoms. The third-order valence-electron chi connectivity index (χ3n) is 3.90. The van der Waals surface area contributed by atoms with E-state index in [1.807, 2.05) is 0 Å². The van der Waals surface area contributed by atoms with E-state index in [2.05, 4.69) is 19.2 Å². The number of carbonyl (C=O) groups excluding carboxylic acids is 1. The number of thioether (sulfide) groups is 1. The minimum Gasteiger partial charge on any atom is -0.481 e. The summed E-state index contributed by atoms with van der Waals surface area (Å²) in [6.07, 6.45) is -10.7. The molecule has 164 valence electrons. The summed E-state index contributed by atoms with van der Waals surface area (Å²) in [6, 6.07) is 0.811. The van der Waals surface area contributed by atoms with Crippen LogP contribution in [0.3, 0.4) is 0 Å². The van der Waals surface area contributed by atoms with Crippen molar-refractivity contribution in [3.63, 3.8) is 0 Å². The minimum atomic E-state index is -5.14. The fraction of sp³-hybridized carbons (Fsp3) is 0.294. The number of allylic oxidation sites excluding steroid dienone is 2. The highest BCUT2D eigenvalue weighted by Gasteiger charge is 2.43. The quantitative estimate of drug-likeness (QED) is 0.360. The molecule has 1 N–H and O–H groups in total. The molecule has 1 aromatic rings. The molecule has 1 fully saturated rings. The summed E-state index contributed by atoms with van der Waals surface area (Å²) in [5.74, 6) is -3.83. The first-order valence-electron chi connectivity index (χ1n) is 7.89. The second-order valence-electron chi connectivity index (χ2n) is 5.99. The van der Waals surface area contributed by atoms with Crippen LogP contribution in [0.15, 0.2) is 35.3 Å². The average molecular weight is 475 g/mol. The van der Waals surface area contributed by atoms with Crippen molar-refractivity contribution in [2.24, 2.45) is 0 Å². The summed E-state index contributed by atoms with van der Waals surface area (Å²) in [5.41, 5.74) is -5.08. The molecule has 1 aliphatic rings. The second-order valence-corrected chi connectivity index (χ2v) is 7.92. The summed E-state index contributed by atoms with van der Waals surface area (Å²) in [5, 5.41) is 8.74. The van der Waals surface area contributed by atoms with Gasteiger partial charge in [0.15, 0.2) is 0 Å². The van der Waals surface area contributed by atoms with E-state index in [0.29, 0.717) is 17.8 Å². The maximum absolute atomic E-state index is 13.8. The smallest absolute Gasteiger partial charge is 0.416 e. The van der Waals surface area contributed by atoms with Crippen molar-refractivity contribution in [1.29, 1.82) is 0 Å². The first kappa shape index (κ1) is 24.1. The third kappa shape index (κ3) is 5.31. The lowest BCUT2D eigenvalue weighted by Crippen LogP contribution is -2.32. The Labute approximate surface area is 174 Å². The fourth-order valence-electron chi connectivity index (χ4n) is 2.53. The third-order valence-corrected chi connectivity index (χ3v) is 5.57. The predicted octanol–water partition coefficient (Wildman–Crippen LogP) is 4.94. The number of nitrogens with zero attached hydrogens (tertiary/aromatic N) is 1. The Hall–Kier alpha value is -2.15. The zero-order valence-electron chi connectivity index (χ0n) is 14.6. The van der Waals surface area contributed by atoms with E-state index in [0.717, 1.165) is 4.90 Å². The molecule has 1 amide bonds. The number of thiol groups is 1. The number of amides is 1. The summed E-state index contributed by atoms with van der Waals surface area (Å²) in [7, 11) is 0. The van der Waals surface area contributed by atoms with Crippen LogP contribution in [-0.2, 0) is 15.8 Å². The van der Waals surface area contributed by atoms with Crippen LogP contribution in [-0.4, -0.2) is 39.3 Å². The van der Waals surface area contributed by atoms with Gasteiger partial charge in [0.2, 0.25) is 0 Å². The van der Waals surface area contributed by atoms with Gasteiger partial charge in [-0.1, -0.05) is 18.3 Å². The van der Waals surface area contributed by atoms with Gasteiger partial charge in [-0.3, -0.25) is 9.59 Å². The van der Waals surface area contributed by atoms with Crippen LogP contribution in [0.4, 0.5) is 30.7 Å². The number of hydrogen-bond acceptors (Lipinski definition) is 4. The van der Waals surface area contributed by atoms with E-state index in [1.165, 1.54) is 0 Å². The van der Waals surface area contributed by atoms with Crippen LogP contribution < -0.4 is 0 Å². The number of alkyl halides is 6. The number of rotatable bonds is 5. The molecule has 0 radical (unpaired) electrons. The largest absolute Gasteiger partial charge is 0.481 e. The summed E-state index contributed by atoms with van der Waals surface area (Å²) in [4.78, 5) is 23.5. The zero-order chi connectivity index (χ0) is 23.0. The van der Waals surface area contributed by atoms with Crippen molar-refractivity contribution >= 4 is 41.8 Å². The Morgan fingerprint density at radius 1 is 1.20 bits per heavy atom. The van der Waals surface area contributed by atoms with Gasteiger partial charge in [-0.25, -0.2) is 4.39 Å². The molecule has 13 heteroatoms. The molecule has 1 atom stereocenters. The van der Waals surface area contributed by atoms with E-state index in [4.69, 9.17) is 5.11 Å². The molecule has 1 saturated heterocycles. The predicted molar refractivity (Wildman–Crippen MR) is 97.8 cm³/mol. The monoisotopic (exact) mass is 475 g/mol. The maximum Gasteiger partial charge on any atom is 0.416 e. The molecule has 0 bridgehead atoms. The molecule has 30 heavy (non-hydrogen) atoms. The van der Waals surface area contributed by atoms with Crippen molar-refractivity contribution in [3.05, 3.63) is 52.2 Å². The van der Waals surface area contributed by atoms with Gasteiger partial charge in [0.1, 0.15) is 10.5 Å². The number of benzene rings is 1. The number of aliphatic carboxylic acids is 1. The zero-order valence-corrected chi connectivity index (χ0v) is 16.4. The summed E-state index contributed by atoms with van der Waals surface area (Å²) in [6.45, 7) is 2.44. The van der Waals surface area contributed by atoms with Crippen molar-refractivity contribution in [2.75, 3.05) is 6.54 Å². The van der Waals surface area contributed by atoms with Crippen LogP contribution in [0.2, 0.25) is 0 Å². The number of halogens is 7. The van der Waals surface area contributed by atoms with Gasteiger partial charge in [-0.05, 0) is 23.8 Å². The topological polar surface area (TPSA) is 57.6 Å². The Morgan fingerprint density at radius 3 is 2.30 bits per heavy atom. The highest BCUT2D eigenvalue weighted by Crippen LogP contribution is 2.47. The normalized spacial score (nSPS) is 19.3. The van der Waals surface area contributed by atoms with Gasteiger partial charge < -0.3 is 10.0 Å². The molecule has 0 aromatic heterocycles. The van der Waals surface area contributed by atoms with Gasteiger partial charge >= 0.3 is 18.3 Å². The highest BCUT2D eigenvalue weighted by molar-refractivity contribution is 8.14. The Kier molecular flexibility index (Phi) is 6.86. The van der Waals surface area contributed by atoms with Crippen LogP contribution in [0.5, 0.6) is 0 Å². The Morgan fingerprint density at radius 2 is 1.80 bits per heavy atom. The number of hydrogen-bond donors (Lipinski definition) is 2. The average Bonchev–Trinajstić information content (AvgIpc) is 2.85. The van der Waals surface area contributed by atoms with Crippen molar-refractivity contribution in [2.45, 2.75) is 23.5 Å². The Bertz CT molecular complexity index is 925. The molecule has 1 heterocycles.